The molecule has 0 bridgehead atoms. The molecule has 0 aromatic heterocycles. The van der Waals surface area contributed by atoms with Crippen molar-refractivity contribution in [3.05, 3.63) is 29.8 Å². The molecule has 1 aromatic rings. The normalized spacial score (nSPS) is 18.0. The van der Waals surface area contributed by atoms with Gasteiger partial charge >= 0.3 is 12.1 Å². The number of methoxy groups -OCH3 is 1. The third kappa shape index (κ3) is 4.39. The van der Waals surface area contributed by atoms with E-state index in [2.05, 4.69) is 16.0 Å². The van der Waals surface area contributed by atoms with Gasteiger partial charge in [-0.2, -0.15) is 0 Å². The molecule has 2 fully saturated rings. The SMILES string of the molecule is COCc1cccc(NC(=O)NCCCN2C(=O)NC3(CCCC3)C2=O)c1. The average Bonchev–Trinajstić information content (AvgIpc) is 3.19. The number of nitrogens with zero attached hydrogens (tertiary/aromatic N) is 1. The molecule has 1 heterocycles. The Balaban J connectivity index is 1.41. The summed E-state index contributed by atoms with van der Waals surface area (Å²) in [6.45, 7) is 1.15. The summed E-state index contributed by atoms with van der Waals surface area (Å²) >= 11 is 0. The maximum absolute atomic E-state index is 12.5. The molecule has 1 saturated carbocycles. The second-order valence-corrected chi connectivity index (χ2v) is 7.04. The van der Waals surface area contributed by atoms with Gasteiger partial charge in [0.1, 0.15) is 5.54 Å². The molecule has 1 aliphatic heterocycles. The van der Waals surface area contributed by atoms with Gasteiger partial charge < -0.3 is 20.7 Å². The molecule has 0 unspecified atom stereocenters. The second kappa shape index (κ2) is 8.39. The van der Waals surface area contributed by atoms with E-state index in [1.165, 1.54) is 4.90 Å². The largest absolute Gasteiger partial charge is 0.380 e. The molecule has 0 atom stereocenters. The number of benzene rings is 1. The fraction of sp³-hybridized carbons (Fsp3) is 0.526. The molecule has 1 aromatic carbocycles. The highest BCUT2D eigenvalue weighted by Gasteiger charge is 2.51. The Morgan fingerprint density at radius 3 is 2.81 bits per heavy atom. The number of amides is 5. The lowest BCUT2D eigenvalue weighted by molar-refractivity contribution is -0.131. The van der Waals surface area contributed by atoms with Crippen LogP contribution in [0.3, 0.4) is 0 Å². The fourth-order valence-corrected chi connectivity index (χ4v) is 3.72. The van der Waals surface area contributed by atoms with Crippen molar-refractivity contribution in [1.29, 1.82) is 0 Å². The number of urea groups is 2. The van der Waals surface area contributed by atoms with Crippen molar-refractivity contribution in [2.45, 2.75) is 44.2 Å². The minimum atomic E-state index is -0.672. The third-order valence-corrected chi connectivity index (χ3v) is 5.04. The maximum Gasteiger partial charge on any atom is 0.325 e. The van der Waals surface area contributed by atoms with Crippen molar-refractivity contribution in [3.8, 4) is 0 Å². The van der Waals surface area contributed by atoms with Crippen LogP contribution in [0.5, 0.6) is 0 Å². The quantitative estimate of drug-likeness (QED) is 0.503. The zero-order valence-corrected chi connectivity index (χ0v) is 15.5. The zero-order valence-electron chi connectivity index (χ0n) is 15.5. The molecule has 27 heavy (non-hydrogen) atoms. The standard InChI is InChI=1S/C19H26N4O4/c1-27-13-14-6-4-7-15(12-14)21-17(25)20-10-5-11-23-16(24)19(22-18(23)26)8-2-3-9-19/h4,6-7,12H,2-3,5,8-11,13H2,1H3,(H,22,26)(H2,20,21,25). The highest BCUT2D eigenvalue weighted by molar-refractivity contribution is 6.07. The van der Waals surface area contributed by atoms with E-state index in [-0.39, 0.29) is 18.0 Å². The summed E-state index contributed by atoms with van der Waals surface area (Å²) in [4.78, 5) is 37.9. The average molecular weight is 374 g/mol. The van der Waals surface area contributed by atoms with Gasteiger partial charge in [-0.15, -0.1) is 0 Å². The van der Waals surface area contributed by atoms with Gasteiger partial charge in [0.2, 0.25) is 0 Å². The van der Waals surface area contributed by atoms with E-state index < -0.39 is 5.54 Å². The smallest absolute Gasteiger partial charge is 0.325 e. The summed E-state index contributed by atoms with van der Waals surface area (Å²) in [5, 5.41) is 8.36. The van der Waals surface area contributed by atoms with Gasteiger partial charge in [0.25, 0.3) is 5.91 Å². The number of carbonyl (C=O) groups is 3. The maximum atomic E-state index is 12.5. The van der Waals surface area contributed by atoms with E-state index in [0.29, 0.717) is 31.8 Å². The van der Waals surface area contributed by atoms with Gasteiger partial charge in [0.15, 0.2) is 0 Å². The van der Waals surface area contributed by atoms with E-state index in [1.54, 1.807) is 13.2 Å². The first-order valence-corrected chi connectivity index (χ1v) is 9.31. The molecule has 2 aliphatic rings. The number of anilines is 1. The Labute approximate surface area is 158 Å². The van der Waals surface area contributed by atoms with E-state index >= 15 is 0 Å². The van der Waals surface area contributed by atoms with Crippen LogP contribution in [-0.2, 0) is 16.1 Å². The molecule has 1 spiro atoms. The van der Waals surface area contributed by atoms with Gasteiger partial charge in [0.05, 0.1) is 6.61 Å². The lowest BCUT2D eigenvalue weighted by Crippen LogP contribution is -2.44. The molecular weight excluding hydrogens is 348 g/mol. The highest BCUT2D eigenvalue weighted by Crippen LogP contribution is 2.34. The van der Waals surface area contributed by atoms with Crippen LogP contribution in [0.1, 0.15) is 37.7 Å². The minimum Gasteiger partial charge on any atom is -0.380 e. The predicted molar refractivity (Wildman–Crippen MR) is 100 cm³/mol. The Hall–Kier alpha value is -2.61. The molecule has 8 nitrogen and oxygen atoms in total. The molecule has 0 radical (unpaired) electrons. The van der Waals surface area contributed by atoms with Crippen molar-refractivity contribution >= 4 is 23.7 Å². The van der Waals surface area contributed by atoms with Crippen LogP contribution in [0.15, 0.2) is 24.3 Å². The van der Waals surface area contributed by atoms with Crippen LogP contribution >= 0.6 is 0 Å². The molecule has 3 rings (SSSR count). The van der Waals surface area contributed by atoms with Crippen LogP contribution in [0.2, 0.25) is 0 Å². The number of ether oxygens (including phenoxy) is 1. The summed E-state index contributed by atoms with van der Waals surface area (Å²) in [6.07, 6.45) is 3.88. The number of imide groups is 1. The van der Waals surface area contributed by atoms with E-state index in [9.17, 15) is 14.4 Å². The second-order valence-electron chi connectivity index (χ2n) is 7.04. The molecule has 5 amide bonds. The Morgan fingerprint density at radius 1 is 1.30 bits per heavy atom. The van der Waals surface area contributed by atoms with Crippen molar-refractivity contribution in [3.63, 3.8) is 0 Å². The van der Waals surface area contributed by atoms with E-state index in [1.807, 2.05) is 18.2 Å². The van der Waals surface area contributed by atoms with Crippen LogP contribution in [0.25, 0.3) is 0 Å². The Kier molecular flexibility index (Phi) is 5.95. The number of rotatable bonds is 7. The minimum absolute atomic E-state index is 0.121. The molecule has 1 saturated heterocycles. The van der Waals surface area contributed by atoms with Crippen LogP contribution in [0, 0.1) is 0 Å². The fourth-order valence-electron chi connectivity index (χ4n) is 3.72. The first-order valence-electron chi connectivity index (χ1n) is 9.31. The highest BCUT2D eigenvalue weighted by atomic mass is 16.5. The summed E-state index contributed by atoms with van der Waals surface area (Å²) in [6, 6.07) is 6.77. The first-order chi connectivity index (χ1) is 13.0. The Bertz CT molecular complexity index is 715. The molecule has 3 N–H and O–H groups in total. The summed E-state index contributed by atoms with van der Waals surface area (Å²) in [5.41, 5.74) is 0.976. The molecule has 146 valence electrons. The summed E-state index contributed by atoms with van der Waals surface area (Å²) < 4.78 is 5.07. The van der Waals surface area contributed by atoms with Crippen molar-refractivity contribution < 1.29 is 19.1 Å². The topological polar surface area (TPSA) is 99.8 Å². The number of carbonyl (C=O) groups excluding carboxylic acids is 3. The van der Waals surface area contributed by atoms with Crippen LogP contribution < -0.4 is 16.0 Å². The predicted octanol–water partition coefficient (Wildman–Crippen LogP) is 2.21. The molecule has 1 aliphatic carbocycles. The van der Waals surface area contributed by atoms with Crippen molar-refractivity contribution in [2.75, 3.05) is 25.5 Å². The van der Waals surface area contributed by atoms with Gasteiger partial charge in [0, 0.05) is 25.9 Å². The molecule has 8 heteroatoms. The first kappa shape index (κ1) is 19.2. The van der Waals surface area contributed by atoms with E-state index in [0.717, 1.165) is 31.2 Å². The van der Waals surface area contributed by atoms with Gasteiger partial charge in [-0.1, -0.05) is 25.0 Å². The zero-order chi connectivity index (χ0) is 19.3. The van der Waals surface area contributed by atoms with Crippen molar-refractivity contribution in [2.24, 2.45) is 0 Å². The van der Waals surface area contributed by atoms with E-state index in [4.69, 9.17) is 4.74 Å². The number of nitrogens with one attached hydrogen (secondary N) is 3. The van der Waals surface area contributed by atoms with Crippen molar-refractivity contribution in [1.82, 2.24) is 15.5 Å². The van der Waals surface area contributed by atoms with Crippen LogP contribution in [-0.4, -0.2) is 48.6 Å². The Morgan fingerprint density at radius 2 is 2.07 bits per heavy atom. The third-order valence-electron chi connectivity index (χ3n) is 5.04. The van der Waals surface area contributed by atoms with Crippen LogP contribution in [0.4, 0.5) is 15.3 Å². The monoisotopic (exact) mass is 374 g/mol. The van der Waals surface area contributed by atoms with Gasteiger partial charge in [-0.05, 0) is 37.0 Å². The van der Waals surface area contributed by atoms with Gasteiger partial charge in [-0.25, -0.2) is 9.59 Å². The number of hydrogen-bond donors (Lipinski definition) is 3. The van der Waals surface area contributed by atoms with Gasteiger partial charge in [-0.3, -0.25) is 9.69 Å². The number of hydrogen-bond acceptors (Lipinski definition) is 4. The molecular formula is C19H26N4O4. The lowest BCUT2D eigenvalue weighted by Gasteiger charge is -2.20. The summed E-state index contributed by atoms with van der Waals surface area (Å²) in [5.74, 6) is -0.121. The lowest BCUT2D eigenvalue weighted by atomic mass is 9.98. The summed E-state index contributed by atoms with van der Waals surface area (Å²) in [7, 11) is 1.62.